The van der Waals surface area contributed by atoms with E-state index in [1.54, 1.807) is 16.7 Å². The molecule has 1 unspecified atom stereocenters. The van der Waals surface area contributed by atoms with E-state index in [1.165, 1.54) is 0 Å². The van der Waals surface area contributed by atoms with Gasteiger partial charge in [-0.05, 0) is 38.1 Å². The van der Waals surface area contributed by atoms with Gasteiger partial charge in [-0.15, -0.1) is 24.2 Å². The van der Waals surface area contributed by atoms with Crippen LogP contribution in [0, 0.1) is 5.92 Å². The SMILES string of the molecule is CNCC1CCN(C(=O)CN2C(=O)CSc3ccccc32)C1.Cl. The lowest BCUT2D eigenvalue weighted by molar-refractivity contribution is -0.130. The molecule has 0 bridgehead atoms. The van der Waals surface area contributed by atoms with E-state index < -0.39 is 0 Å². The minimum Gasteiger partial charge on any atom is -0.341 e. The summed E-state index contributed by atoms with van der Waals surface area (Å²) >= 11 is 1.54. The Balaban J connectivity index is 0.00000192. The molecule has 2 aliphatic heterocycles. The summed E-state index contributed by atoms with van der Waals surface area (Å²) in [6, 6.07) is 7.79. The number of likely N-dealkylation sites (tertiary alicyclic amines) is 1. The Bertz CT molecular complexity index is 584. The normalized spacial score (nSPS) is 20.2. The van der Waals surface area contributed by atoms with Crippen LogP contribution >= 0.6 is 24.2 Å². The highest BCUT2D eigenvalue weighted by Gasteiger charge is 2.30. The van der Waals surface area contributed by atoms with Crippen LogP contribution in [0.5, 0.6) is 0 Å². The Labute approximate surface area is 147 Å². The molecule has 2 heterocycles. The van der Waals surface area contributed by atoms with Gasteiger partial charge in [0.15, 0.2) is 0 Å². The number of amides is 2. The van der Waals surface area contributed by atoms with E-state index in [0.717, 1.165) is 36.6 Å². The fourth-order valence-corrected chi connectivity index (χ4v) is 4.01. The number of benzene rings is 1. The molecular formula is C16H22ClN3O2S. The minimum atomic E-state index is 0. The number of carbonyl (C=O) groups excluding carboxylic acids is 2. The number of hydrogen-bond donors (Lipinski definition) is 1. The van der Waals surface area contributed by atoms with Gasteiger partial charge in [-0.2, -0.15) is 0 Å². The van der Waals surface area contributed by atoms with Crippen LogP contribution in [0.1, 0.15) is 6.42 Å². The topological polar surface area (TPSA) is 52.7 Å². The zero-order chi connectivity index (χ0) is 15.5. The van der Waals surface area contributed by atoms with E-state index in [9.17, 15) is 9.59 Å². The van der Waals surface area contributed by atoms with Gasteiger partial charge in [0.05, 0.1) is 11.4 Å². The maximum Gasteiger partial charge on any atom is 0.242 e. The fourth-order valence-electron chi connectivity index (χ4n) is 3.08. The maximum atomic E-state index is 12.5. The Morgan fingerprint density at radius 2 is 2.17 bits per heavy atom. The third-order valence-corrected chi connectivity index (χ3v) is 5.28. The lowest BCUT2D eigenvalue weighted by atomic mass is 10.1. The monoisotopic (exact) mass is 355 g/mol. The quantitative estimate of drug-likeness (QED) is 0.891. The fraction of sp³-hybridized carbons (Fsp3) is 0.500. The summed E-state index contributed by atoms with van der Waals surface area (Å²) < 4.78 is 0. The van der Waals surface area contributed by atoms with Gasteiger partial charge in [-0.25, -0.2) is 0 Å². The number of para-hydroxylation sites is 1. The number of rotatable bonds is 4. The molecule has 1 N–H and O–H groups in total. The van der Waals surface area contributed by atoms with Crippen molar-refractivity contribution < 1.29 is 9.59 Å². The molecule has 23 heavy (non-hydrogen) atoms. The number of thioether (sulfide) groups is 1. The summed E-state index contributed by atoms with van der Waals surface area (Å²) in [5.41, 5.74) is 0.864. The van der Waals surface area contributed by atoms with Gasteiger partial charge < -0.3 is 15.1 Å². The van der Waals surface area contributed by atoms with Crippen molar-refractivity contribution >= 4 is 41.7 Å². The number of nitrogens with one attached hydrogen (secondary N) is 1. The summed E-state index contributed by atoms with van der Waals surface area (Å²) in [6.45, 7) is 2.68. The number of hydrogen-bond acceptors (Lipinski definition) is 4. The first-order valence-corrected chi connectivity index (χ1v) is 8.62. The molecule has 0 saturated carbocycles. The molecular weight excluding hydrogens is 334 g/mol. The number of nitrogens with zero attached hydrogens (tertiary/aromatic N) is 2. The van der Waals surface area contributed by atoms with Crippen LogP contribution in [-0.2, 0) is 9.59 Å². The van der Waals surface area contributed by atoms with Crippen molar-refractivity contribution in [3.8, 4) is 0 Å². The standard InChI is InChI=1S/C16H21N3O2S.ClH/c1-17-8-12-6-7-18(9-12)15(20)10-19-13-4-2-3-5-14(13)22-11-16(19)21;/h2-5,12,17H,6-11H2,1H3;1H. The average molecular weight is 356 g/mol. The highest BCUT2D eigenvalue weighted by Crippen LogP contribution is 2.34. The van der Waals surface area contributed by atoms with Gasteiger partial charge in [-0.3, -0.25) is 9.59 Å². The van der Waals surface area contributed by atoms with Crippen molar-refractivity contribution in [2.75, 3.05) is 43.9 Å². The molecule has 0 spiro atoms. The third kappa shape index (κ3) is 4.00. The van der Waals surface area contributed by atoms with Crippen molar-refractivity contribution in [1.82, 2.24) is 10.2 Å². The van der Waals surface area contributed by atoms with Gasteiger partial charge in [0.2, 0.25) is 11.8 Å². The molecule has 5 nitrogen and oxygen atoms in total. The van der Waals surface area contributed by atoms with Crippen LogP contribution in [-0.4, -0.2) is 55.7 Å². The smallest absolute Gasteiger partial charge is 0.242 e. The molecule has 0 aliphatic carbocycles. The summed E-state index contributed by atoms with van der Waals surface area (Å²) in [5, 5.41) is 3.17. The van der Waals surface area contributed by atoms with E-state index >= 15 is 0 Å². The summed E-state index contributed by atoms with van der Waals surface area (Å²) in [6.07, 6.45) is 1.03. The third-order valence-electron chi connectivity index (χ3n) is 4.23. The molecule has 2 aliphatic rings. The predicted molar refractivity (Wildman–Crippen MR) is 95.4 cm³/mol. The summed E-state index contributed by atoms with van der Waals surface area (Å²) in [5.74, 6) is 0.998. The van der Waals surface area contributed by atoms with Crippen LogP contribution in [0.2, 0.25) is 0 Å². The number of anilines is 1. The molecule has 3 rings (SSSR count). The second-order valence-electron chi connectivity index (χ2n) is 5.79. The molecule has 1 atom stereocenters. The largest absolute Gasteiger partial charge is 0.341 e. The first-order chi connectivity index (χ1) is 10.7. The van der Waals surface area contributed by atoms with Gasteiger partial charge >= 0.3 is 0 Å². The summed E-state index contributed by atoms with van der Waals surface area (Å²) in [7, 11) is 1.94. The predicted octanol–water partition coefficient (Wildman–Crippen LogP) is 1.62. The molecule has 2 amide bonds. The van der Waals surface area contributed by atoms with Crippen LogP contribution in [0.3, 0.4) is 0 Å². The Morgan fingerprint density at radius 3 is 2.96 bits per heavy atom. The molecule has 7 heteroatoms. The Kier molecular flexibility index (Phi) is 6.33. The maximum absolute atomic E-state index is 12.5. The number of fused-ring (bicyclic) bond motifs is 1. The molecule has 0 aromatic heterocycles. The van der Waals surface area contributed by atoms with E-state index in [4.69, 9.17) is 0 Å². The van der Waals surface area contributed by atoms with E-state index in [-0.39, 0.29) is 30.8 Å². The zero-order valence-electron chi connectivity index (χ0n) is 13.2. The van der Waals surface area contributed by atoms with E-state index in [0.29, 0.717) is 11.7 Å². The van der Waals surface area contributed by atoms with Gasteiger partial charge in [0.1, 0.15) is 6.54 Å². The Hall–Kier alpha value is -1.24. The lowest BCUT2D eigenvalue weighted by Gasteiger charge is -2.30. The Morgan fingerprint density at radius 1 is 1.39 bits per heavy atom. The molecule has 0 radical (unpaired) electrons. The highest BCUT2D eigenvalue weighted by molar-refractivity contribution is 8.00. The highest BCUT2D eigenvalue weighted by atomic mass is 35.5. The van der Waals surface area contributed by atoms with Gasteiger partial charge in [0.25, 0.3) is 0 Å². The summed E-state index contributed by atoms with van der Waals surface area (Å²) in [4.78, 5) is 29.3. The van der Waals surface area contributed by atoms with Crippen LogP contribution in [0.15, 0.2) is 29.2 Å². The lowest BCUT2D eigenvalue weighted by Crippen LogP contribution is -2.44. The number of halogens is 1. The van der Waals surface area contributed by atoms with Crippen molar-refractivity contribution in [3.05, 3.63) is 24.3 Å². The minimum absolute atomic E-state index is 0. The molecule has 126 valence electrons. The van der Waals surface area contributed by atoms with E-state index in [2.05, 4.69) is 5.32 Å². The molecule has 1 aromatic rings. The second-order valence-corrected chi connectivity index (χ2v) is 6.81. The van der Waals surface area contributed by atoms with Gasteiger partial charge in [-0.1, -0.05) is 12.1 Å². The van der Waals surface area contributed by atoms with Crippen LogP contribution in [0.4, 0.5) is 5.69 Å². The molecule has 1 aromatic carbocycles. The first-order valence-electron chi connectivity index (χ1n) is 7.63. The van der Waals surface area contributed by atoms with Crippen LogP contribution in [0.25, 0.3) is 0 Å². The van der Waals surface area contributed by atoms with Crippen molar-refractivity contribution in [2.24, 2.45) is 5.92 Å². The van der Waals surface area contributed by atoms with Crippen molar-refractivity contribution in [3.63, 3.8) is 0 Å². The number of carbonyl (C=O) groups is 2. The first kappa shape index (κ1) is 18.1. The zero-order valence-corrected chi connectivity index (χ0v) is 14.8. The second kappa shape index (κ2) is 8.04. The van der Waals surface area contributed by atoms with Crippen LogP contribution < -0.4 is 10.2 Å². The molecule has 1 saturated heterocycles. The van der Waals surface area contributed by atoms with Crippen molar-refractivity contribution in [1.29, 1.82) is 0 Å². The average Bonchev–Trinajstić information content (AvgIpc) is 2.99. The van der Waals surface area contributed by atoms with Crippen molar-refractivity contribution in [2.45, 2.75) is 11.3 Å². The van der Waals surface area contributed by atoms with Gasteiger partial charge in [0, 0.05) is 18.0 Å². The van der Waals surface area contributed by atoms with E-state index in [1.807, 2.05) is 36.2 Å². The molecule has 1 fully saturated rings.